The lowest BCUT2D eigenvalue weighted by molar-refractivity contribution is 1.29. The van der Waals surface area contributed by atoms with Crippen LogP contribution in [0.2, 0.25) is 0 Å². The van der Waals surface area contributed by atoms with Gasteiger partial charge in [-0.05, 0) is 30.7 Å². The Morgan fingerprint density at radius 1 is 1.35 bits per heavy atom. The van der Waals surface area contributed by atoms with Gasteiger partial charge in [-0.25, -0.2) is 4.98 Å². The molecule has 0 atom stereocenters. The van der Waals surface area contributed by atoms with Gasteiger partial charge in [0.2, 0.25) is 0 Å². The average Bonchev–Trinajstić information content (AvgIpc) is 2.32. The molecule has 2 rings (SSSR count). The molecule has 0 aliphatic carbocycles. The van der Waals surface area contributed by atoms with Gasteiger partial charge in [0, 0.05) is 11.9 Å². The number of nitriles is 1. The maximum atomic E-state index is 8.87. The first-order valence-corrected chi connectivity index (χ1v) is 5.19. The van der Waals surface area contributed by atoms with Crippen molar-refractivity contribution in [1.29, 1.82) is 5.26 Å². The van der Waals surface area contributed by atoms with Crippen molar-refractivity contribution in [2.75, 3.05) is 11.1 Å². The van der Waals surface area contributed by atoms with Crippen LogP contribution in [0.15, 0.2) is 36.5 Å². The maximum absolute atomic E-state index is 8.87. The number of hydrogen-bond acceptors (Lipinski definition) is 4. The molecule has 4 nitrogen and oxygen atoms in total. The number of aromatic nitrogens is 1. The van der Waals surface area contributed by atoms with Crippen LogP contribution in [0.5, 0.6) is 0 Å². The standard InChI is InChI=1S/C13H12N4/c1-9-3-2-4-11(7-9)17-13-12(15)10(8-14)5-6-16-13/h2-7H,15H2,1H3,(H,16,17). The van der Waals surface area contributed by atoms with Gasteiger partial charge in [-0.2, -0.15) is 5.26 Å². The first-order valence-electron chi connectivity index (χ1n) is 5.19. The van der Waals surface area contributed by atoms with E-state index in [0.29, 0.717) is 17.1 Å². The molecule has 0 spiro atoms. The number of nitrogens with zero attached hydrogens (tertiary/aromatic N) is 2. The van der Waals surface area contributed by atoms with Gasteiger partial charge in [0.05, 0.1) is 11.3 Å². The largest absolute Gasteiger partial charge is 0.395 e. The molecular weight excluding hydrogens is 212 g/mol. The number of anilines is 3. The van der Waals surface area contributed by atoms with Gasteiger partial charge < -0.3 is 11.1 Å². The van der Waals surface area contributed by atoms with Crippen LogP contribution in [0.25, 0.3) is 0 Å². The number of aryl methyl sites for hydroxylation is 1. The normalized spacial score (nSPS) is 9.65. The number of pyridine rings is 1. The molecule has 0 aliphatic rings. The number of benzene rings is 1. The first-order chi connectivity index (χ1) is 8.20. The summed E-state index contributed by atoms with van der Waals surface area (Å²) in [6.45, 7) is 2.01. The van der Waals surface area contributed by atoms with Gasteiger partial charge in [0.15, 0.2) is 5.82 Å². The molecule has 0 amide bonds. The summed E-state index contributed by atoms with van der Waals surface area (Å²) < 4.78 is 0. The molecule has 84 valence electrons. The second-order valence-electron chi connectivity index (χ2n) is 3.73. The Bertz CT molecular complexity index is 584. The quantitative estimate of drug-likeness (QED) is 0.822. The number of rotatable bonds is 2. The molecule has 1 aromatic carbocycles. The molecule has 0 fully saturated rings. The zero-order valence-corrected chi connectivity index (χ0v) is 9.44. The highest BCUT2D eigenvalue weighted by Gasteiger charge is 2.05. The fraction of sp³-hybridized carbons (Fsp3) is 0.0769. The van der Waals surface area contributed by atoms with Crippen molar-refractivity contribution < 1.29 is 0 Å². The molecule has 0 unspecified atom stereocenters. The summed E-state index contributed by atoms with van der Waals surface area (Å²) in [5, 5.41) is 12.0. The minimum atomic E-state index is 0.372. The summed E-state index contributed by atoms with van der Waals surface area (Å²) in [6, 6.07) is 11.5. The van der Waals surface area contributed by atoms with Crippen molar-refractivity contribution in [3.05, 3.63) is 47.7 Å². The molecule has 0 aliphatic heterocycles. The molecule has 4 heteroatoms. The van der Waals surface area contributed by atoms with Gasteiger partial charge in [-0.3, -0.25) is 0 Å². The molecule has 0 saturated carbocycles. The number of nitrogen functional groups attached to an aromatic ring is 1. The molecule has 3 N–H and O–H groups in total. The smallest absolute Gasteiger partial charge is 0.154 e. The SMILES string of the molecule is Cc1cccc(Nc2nccc(C#N)c2N)c1. The highest BCUT2D eigenvalue weighted by molar-refractivity contribution is 5.73. The third kappa shape index (κ3) is 2.34. The molecule has 1 aromatic heterocycles. The molecule has 2 aromatic rings. The lowest BCUT2D eigenvalue weighted by Crippen LogP contribution is -2.01. The molecule has 0 radical (unpaired) electrons. The van der Waals surface area contributed by atoms with Gasteiger partial charge in [0.1, 0.15) is 6.07 Å². The van der Waals surface area contributed by atoms with E-state index in [9.17, 15) is 0 Å². The summed E-state index contributed by atoms with van der Waals surface area (Å²) in [6.07, 6.45) is 1.56. The summed E-state index contributed by atoms with van der Waals surface area (Å²) in [5.41, 5.74) is 8.68. The minimum absolute atomic E-state index is 0.372. The van der Waals surface area contributed by atoms with E-state index >= 15 is 0 Å². The van der Waals surface area contributed by atoms with Crippen LogP contribution in [0.1, 0.15) is 11.1 Å². The fourth-order valence-electron chi connectivity index (χ4n) is 1.53. The Morgan fingerprint density at radius 2 is 2.18 bits per heavy atom. The van der Waals surface area contributed by atoms with E-state index in [1.165, 1.54) is 0 Å². The van der Waals surface area contributed by atoms with E-state index in [1.54, 1.807) is 12.3 Å². The van der Waals surface area contributed by atoms with E-state index < -0.39 is 0 Å². The summed E-state index contributed by atoms with van der Waals surface area (Å²) in [4.78, 5) is 4.12. The lowest BCUT2D eigenvalue weighted by Gasteiger charge is -2.09. The number of hydrogen-bond donors (Lipinski definition) is 2. The third-order valence-electron chi connectivity index (χ3n) is 2.39. The Balaban J connectivity index is 2.34. The summed E-state index contributed by atoms with van der Waals surface area (Å²) in [5.74, 6) is 0.509. The van der Waals surface area contributed by atoms with Crippen LogP contribution in [0.3, 0.4) is 0 Å². The van der Waals surface area contributed by atoms with Crippen LogP contribution >= 0.6 is 0 Å². The number of nitrogens with one attached hydrogen (secondary N) is 1. The molecule has 1 heterocycles. The van der Waals surface area contributed by atoms with E-state index in [1.807, 2.05) is 37.3 Å². The van der Waals surface area contributed by atoms with Crippen LogP contribution in [0, 0.1) is 18.3 Å². The van der Waals surface area contributed by atoms with Crippen molar-refractivity contribution in [2.24, 2.45) is 0 Å². The van der Waals surface area contributed by atoms with Crippen molar-refractivity contribution in [3.63, 3.8) is 0 Å². The Labute approximate surface area is 99.7 Å². The van der Waals surface area contributed by atoms with Crippen LogP contribution < -0.4 is 11.1 Å². The van der Waals surface area contributed by atoms with Gasteiger partial charge in [-0.15, -0.1) is 0 Å². The molecule has 17 heavy (non-hydrogen) atoms. The lowest BCUT2D eigenvalue weighted by atomic mass is 10.2. The van der Waals surface area contributed by atoms with Gasteiger partial charge in [0.25, 0.3) is 0 Å². The average molecular weight is 224 g/mol. The second-order valence-corrected chi connectivity index (χ2v) is 3.73. The van der Waals surface area contributed by atoms with Gasteiger partial charge in [-0.1, -0.05) is 12.1 Å². The Morgan fingerprint density at radius 3 is 2.88 bits per heavy atom. The van der Waals surface area contributed by atoms with Crippen molar-refractivity contribution in [2.45, 2.75) is 6.92 Å². The summed E-state index contributed by atoms with van der Waals surface area (Å²) in [7, 11) is 0. The predicted octanol–water partition coefficient (Wildman–Crippen LogP) is 2.59. The first kappa shape index (κ1) is 11.0. The van der Waals surface area contributed by atoms with E-state index in [-0.39, 0.29) is 0 Å². The van der Waals surface area contributed by atoms with Crippen molar-refractivity contribution in [1.82, 2.24) is 4.98 Å². The number of nitrogens with two attached hydrogens (primary N) is 1. The van der Waals surface area contributed by atoms with E-state index in [0.717, 1.165) is 11.3 Å². The third-order valence-corrected chi connectivity index (χ3v) is 2.39. The maximum Gasteiger partial charge on any atom is 0.154 e. The van der Waals surface area contributed by atoms with Crippen LogP contribution in [0.4, 0.5) is 17.2 Å². The van der Waals surface area contributed by atoms with Crippen LogP contribution in [-0.4, -0.2) is 4.98 Å². The van der Waals surface area contributed by atoms with Gasteiger partial charge >= 0.3 is 0 Å². The molecule has 0 bridgehead atoms. The highest BCUT2D eigenvalue weighted by atomic mass is 15.0. The topological polar surface area (TPSA) is 74.7 Å². The fourth-order valence-corrected chi connectivity index (χ4v) is 1.53. The zero-order valence-electron chi connectivity index (χ0n) is 9.44. The molecule has 0 saturated heterocycles. The highest BCUT2D eigenvalue weighted by Crippen LogP contribution is 2.23. The Hall–Kier alpha value is -2.54. The van der Waals surface area contributed by atoms with E-state index in [2.05, 4.69) is 10.3 Å². The van der Waals surface area contributed by atoms with Crippen LogP contribution in [-0.2, 0) is 0 Å². The zero-order chi connectivity index (χ0) is 12.3. The van der Waals surface area contributed by atoms with Crippen molar-refractivity contribution in [3.8, 4) is 6.07 Å². The second kappa shape index (κ2) is 4.54. The minimum Gasteiger partial charge on any atom is -0.395 e. The van der Waals surface area contributed by atoms with E-state index in [4.69, 9.17) is 11.0 Å². The summed E-state index contributed by atoms with van der Waals surface area (Å²) >= 11 is 0. The predicted molar refractivity (Wildman–Crippen MR) is 67.8 cm³/mol. The Kier molecular flexibility index (Phi) is 2.93. The molecular formula is C13H12N4. The van der Waals surface area contributed by atoms with Crippen molar-refractivity contribution >= 4 is 17.2 Å². The monoisotopic (exact) mass is 224 g/mol.